The van der Waals surface area contributed by atoms with E-state index < -0.39 is 10.8 Å². The lowest BCUT2D eigenvalue weighted by atomic mass is 10.1. The van der Waals surface area contributed by atoms with Crippen LogP contribution in [-0.2, 0) is 10.8 Å². The van der Waals surface area contributed by atoms with Gasteiger partial charge in [-0.2, -0.15) is 0 Å². The van der Waals surface area contributed by atoms with Gasteiger partial charge in [-0.15, -0.1) is 0 Å². The predicted molar refractivity (Wildman–Crippen MR) is 70.1 cm³/mol. The van der Waals surface area contributed by atoms with Crippen molar-refractivity contribution in [2.45, 2.75) is 38.0 Å². The molecule has 0 aliphatic rings. The zero-order valence-electron chi connectivity index (χ0n) is 10.2. The minimum atomic E-state index is -0.846. The fourth-order valence-corrected chi connectivity index (χ4v) is 2.76. The normalized spacial score (nSPS) is 12.7. The molecule has 90 valence electrons. The Morgan fingerprint density at radius 1 is 1.12 bits per heavy atom. The van der Waals surface area contributed by atoms with Crippen LogP contribution in [0.5, 0.6) is 0 Å². The van der Waals surface area contributed by atoms with Gasteiger partial charge in [0.25, 0.3) is 0 Å². The van der Waals surface area contributed by atoms with Gasteiger partial charge >= 0.3 is 0 Å². The minimum absolute atomic E-state index is 0.732. The second kappa shape index (κ2) is 6.81. The molecule has 0 radical (unpaired) electrons. The van der Waals surface area contributed by atoms with Gasteiger partial charge in [-0.05, 0) is 56.5 Å². The van der Waals surface area contributed by atoms with Crippen LogP contribution in [0.25, 0.3) is 0 Å². The van der Waals surface area contributed by atoms with Crippen molar-refractivity contribution in [2.24, 2.45) is 5.73 Å². The van der Waals surface area contributed by atoms with E-state index in [1.165, 1.54) is 11.1 Å². The highest BCUT2D eigenvalue weighted by atomic mass is 32.2. The SMILES string of the molecule is Cc1ccc(S(=O)CCCCCN)cc1C. The number of unbranched alkanes of at least 4 members (excludes halogenated alkanes) is 2. The van der Waals surface area contributed by atoms with E-state index in [1.54, 1.807) is 0 Å². The molecule has 0 aromatic heterocycles. The Labute approximate surface area is 101 Å². The van der Waals surface area contributed by atoms with Crippen molar-refractivity contribution in [3.63, 3.8) is 0 Å². The van der Waals surface area contributed by atoms with Crippen molar-refractivity contribution in [1.29, 1.82) is 0 Å². The van der Waals surface area contributed by atoms with E-state index in [0.29, 0.717) is 0 Å². The maximum atomic E-state index is 12.0. The molecule has 0 fully saturated rings. The summed E-state index contributed by atoms with van der Waals surface area (Å²) < 4.78 is 12.0. The predicted octanol–water partition coefficient (Wildman–Crippen LogP) is 2.54. The first kappa shape index (κ1) is 13.4. The standard InChI is InChI=1S/C13H21NOS/c1-11-6-7-13(10-12(11)2)16(15)9-5-3-4-8-14/h6-7,10H,3-5,8-9,14H2,1-2H3. The summed E-state index contributed by atoms with van der Waals surface area (Å²) in [6.07, 6.45) is 3.11. The van der Waals surface area contributed by atoms with Gasteiger partial charge in [0.05, 0.1) is 10.8 Å². The van der Waals surface area contributed by atoms with Gasteiger partial charge in [0.15, 0.2) is 0 Å². The van der Waals surface area contributed by atoms with Crippen molar-refractivity contribution in [2.75, 3.05) is 12.3 Å². The third-order valence-corrected chi connectivity index (χ3v) is 4.21. The van der Waals surface area contributed by atoms with E-state index in [1.807, 2.05) is 18.2 Å². The Kier molecular flexibility index (Phi) is 5.71. The highest BCUT2D eigenvalue weighted by Crippen LogP contribution is 2.14. The van der Waals surface area contributed by atoms with Crippen LogP contribution in [-0.4, -0.2) is 16.5 Å². The molecule has 0 saturated heterocycles. The molecular weight excluding hydrogens is 218 g/mol. The van der Waals surface area contributed by atoms with E-state index in [2.05, 4.69) is 13.8 Å². The lowest BCUT2D eigenvalue weighted by molar-refractivity contribution is 0.672. The van der Waals surface area contributed by atoms with E-state index in [0.717, 1.165) is 36.5 Å². The molecule has 0 bridgehead atoms. The number of rotatable bonds is 6. The van der Waals surface area contributed by atoms with Crippen LogP contribution in [0.1, 0.15) is 30.4 Å². The zero-order valence-corrected chi connectivity index (χ0v) is 11.0. The molecule has 1 aromatic rings. The Balaban J connectivity index is 2.50. The first-order chi connectivity index (χ1) is 7.65. The number of hydrogen-bond acceptors (Lipinski definition) is 2. The van der Waals surface area contributed by atoms with Crippen molar-refractivity contribution < 1.29 is 4.21 Å². The molecule has 1 rings (SSSR count). The molecule has 0 aliphatic carbocycles. The largest absolute Gasteiger partial charge is 0.330 e. The number of hydrogen-bond donors (Lipinski definition) is 1. The van der Waals surface area contributed by atoms with Crippen molar-refractivity contribution >= 4 is 10.8 Å². The summed E-state index contributed by atoms with van der Waals surface area (Å²) in [6, 6.07) is 6.05. The van der Waals surface area contributed by atoms with Gasteiger partial charge in [0, 0.05) is 10.6 Å². The van der Waals surface area contributed by atoms with Gasteiger partial charge in [-0.3, -0.25) is 4.21 Å². The molecule has 1 aromatic carbocycles. The smallest absolute Gasteiger partial charge is 0.0529 e. The summed E-state index contributed by atoms with van der Waals surface area (Å²) in [6.45, 7) is 4.87. The Morgan fingerprint density at radius 3 is 2.50 bits per heavy atom. The Hall–Kier alpha value is -0.670. The van der Waals surface area contributed by atoms with Gasteiger partial charge in [0.1, 0.15) is 0 Å². The molecule has 16 heavy (non-hydrogen) atoms. The van der Waals surface area contributed by atoms with Crippen LogP contribution < -0.4 is 5.73 Å². The molecular formula is C13H21NOS. The molecule has 0 aliphatic heterocycles. The lowest BCUT2D eigenvalue weighted by Crippen LogP contribution is -2.02. The number of aryl methyl sites for hydroxylation is 2. The first-order valence-corrected chi connectivity index (χ1v) is 7.12. The average molecular weight is 239 g/mol. The number of nitrogens with two attached hydrogens (primary N) is 1. The molecule has 1 atom stereocenters. The van der Waals surface area contributed by atoms with E-state index in [9.17, 15) is 4.21 Å². The first-order valence-electron chi connectivity index (χ1n) is 5.81. The molecule has 2 nitrogen and oxygen atoms in total. The second-order valence-corrected chi connectivity index (χ2v) is 5.72. The molecule has 1 unspecified atom stereocenters. The summed E-state index contributed by atoms with van der Waals surface area (Å²) in [5.41, 5.74) is 7.89. The van der Waals surface area contributed by atoms with Crippen LogP contribution in [0.4, 0.5) is 0 Å². The maximum Gasteiger partial charge on any atom is 0.0529 e. The van der Waals surface area contributed by atoms with Crippen molar-refractivity contribution in [1.82, 2.24) is 0 Å². The maximum absolute atomic E-state index is 12.0. The van der Waals surface area contributed by atoms with E-state index in [4.69, 9.17) is 5.73 Å². The quantitative estimate of drug-likeness (QED) is 0.775. The average Bonchev–Trinajstić information content (AvgIpc) is 2.28. The Morgan fingerprint density at radius 2 is 1.88 bits per heavy atom. The van der Waals surface area contributed by atoms with Gasteiger partial charge in [0.2, 0.25) is 0 Å². The topological polar surface area (TPSA) is 43.1 Å². The fourth-order valence-electron chi connectivity index (χ4n) is 1.53. The zero-order chi connectivity index (χ0) is 12.0. The minimum Gasteiger partial charge on any atom is -0.330 e. The third kappa shape index (κ3) is 4.06. The molecule has 0 amide bonds. The molecule has 0 spiro atoms. The summed E-state index contributed by atoms with van der Waals surface area (Å²) in [5, 5.41) is 0. The summed E-state index contributed by atoms with van der Waals surface area (Å²) >= 11 is 0. The van der Waals surface area contributed by atoms with E-state index in [-0.39, 0.29) is 0 Å². The monoisotopic (exact) mass is 239 g/mol. The molecule has 2 N–H and O–H groups in total. The summed E-state index contributed by atoms with van der Waals surface area (Å²) in [7, 11) is -0.846. The van der Waals surface area contributed by atoms with Crippen molar-refractivity contribution in [3.05, 3.63) is 29.3 Å². The second-order valence-electron chi connectivity index (χ2n) is 4.15. The van der Waals surface area contributed by atoms with Gasteiger partial charge in [-0.1, -0.05) is 12.5 Å². The van der Waals surface area contributed by atoms with Gasteiger partial charge in [-0.25, -0.2) is 0 Å². The molecule has 0 heterocycles. The molecule has 3 heteroatoms. The Bertz CT molecular complexity index is 363. The van der Waals surface area contributed by atoms with Crippen LogP contribution in [0.2, 0.25) is 0 Å². The highest BCUT2D eigenvalue weighted by Gasteiger charge is 2.04. The van der Waals surface area contributed by atoms with Gasteiger partial charge < -0.3 is 5.73 Å². The van der Waals surface area contributed by atoms with E-state index >= 15 is 0 Å². The van der Waals surface area contributed by atoms with Crippen LogP contribution in [0.3, 0.4) is 0 Å². The highest BCUT2D eigenvalue weighted by molar-refractivity contribution is 7.85. The summed E-state index contributed by atoms with van der Waals surface area (Å²) in [5.74, 6) is 0.752. The third-order valence-electron chi connectivity index (χ3n) is 2.78. The van der Waals surface area contributed by atoms with Crippen LogP contribution in [0.15, 0.2) is 23.1 Å². The fraction of sp³-hybridized carbons (Fsp3) is 0.538. The summed E-state index contributed by atoms with van der Waals surface area (Å²) in [4.78, 5) is 0.954. The van der Waals surface area contributed by atoms with Crippen LogP contribution in [0, 0.1) is 13.8 Å². The lowest BCUT2D eigenvalue weighted by Gasteiger charge is -2.05. The molecule has 0 saturated carbocycles. The van der Waals surface area contributed by atoms with Crippen LogP contribution >= 0.6 is 0 Å². The number of benzene rings is 1. The van der Waals surface area contributed by atoms with Crippen molar-refractivity contribution in [3.8, 4) is 0 Å².